The smallest absolute Gasteiger partial charge is 0.340 e. The number of rotatable bonds is 4. The van der Waals surface area contributed by atoms with Crippen LogP contribution in [0.4, 0.5) is 0 Å². The summed E-state index contributed by atoms with van der Waals surface area (Å²) in [6, 6.07) is 12.4. The third-order valence-electron chi connectivity index (χ3n) is 3.87. The summed E-state index contributed by atoms with van der Waals surface area (Å²) in [6.07, 6.45) is 4.08. The molecule has 2 heterocycles. The molecule has 1 atom stereocenters. The summed E-state index contributed by atoms with van der Waals surface area (Å²) in [6.45, 7) is 1.43. The minimum absolute atomic E-state index is 0.161. The minimum Gasteiger partial charge on any atom is -0.444 e. The molecule has 0 bridgehead atoms. The molecule has 5 nitrogen and oxygen atoms in total. The number of aromatic nitrogens is 1. The van der Waals surface area contributed by atoms with Crippen LogP contribution in [0.5, 0.6) is 0 Å². The summed E-state index contributed by atoms with van der Waals surface area (Å²) in [5.41, 5.74) is 1.02. The zero-order valence-electron chi connectivity index (χ0n) is 12.7. The normalized spacial score (nSPS) is 15.2. The van der Waals surface area contributed by atoms with Crippen LogP contribution < -0.4 is 0 Å². The molecule has 1 amide bonds. The van der Waals surface area contributed by atoms with Gasteiger partial charge in [-0.3, -0.25) is 9.78 Å². The lowest BCUT2D eigenvalue weighted by atomic mass is 10.1. The average Bonchev–Trinajstić information content (AvgIpc) is 3.15. The van der Waals surface area contributed by atoms with E-state index in [-0.39, 0.29) is 5.91 Å². The molecule has 1 aliphatic heterocycles. The van der Waals surface area contributed by atoms with Crippen molar-refractivity contribution in [2.45, 2.75) is 18.9 Å². The summed E-state index contributed by atoms with van der Waals surface area (Å²) < 4.78 is 5.53. The number of carbonyl (C=O) groups is 2. The van der Waals surface area contributed by atoms with Crippen LogP contribution in [0.15, 0.2) is 54.9 Å². The van der Waals surface area contributed by atoms with Gasteiger partial charge >= 0.3 is 5.97 Å². The standard InChI is InChI=1S/C18H18N2O3/c21-17(20-11-4-5-12-20)16(14-7-2-1-3-8-14)23-18(22)15-9-6-10-19-13-15/h1-3,6-10,13,16H,4-5,11-12H2/t16-/m0/s1. The van der Waals surface area contributed by atoms with Gasteiger partial charge < -0.3 is 9.64 Å². The molecule has 5 heteroatoms. The maximum absolute atomic E-state index is 12.7. The number of esters is 1. The zero-order valence-corrected chi connectivity index (χ0v) is 12.7. The number of likely N-dealkylation sites (tertiary alicyclic amines) is 1. The summed E-state index contributed by atoms with van der Waals surface area (Å²) in [7, 11) is 0. The number of hydrogen-bond acceptors (Lipinski definition) is 4. The van der Waals surface area contributed by atoms with Gasteiger partial charge in [0.2, 0.25) is 6.10 Å². The Labute approximate surface area is 134 Å². The fraction of sp³-hybridized carbons (Fsp3) is 0.278. The molecule has 0 N–H and O–H groups in total. The average molecular weight is 310 g/mol. The second kappa shape index (κ2) is 7.05. The monoisotopic (exact) mass is 310 g/mol. The Bertz CT molecular complexity index is 667. The summed E-state index contributed by atoms with van der Waals surface area (Å²) in [5.74, 6) is -0.703. The maximum atomic E-state index is 12.7. The molecule has 23 heavy (non-hydrogen) atoms. The quantitative estimate of drug-likeness (QED) is 0.815. The molecule has 2 aromatic rings. The number of ether oxygens (including phenoxy) is 1. The predicted molar refractivity (Wildman–Crippen MR) is 84.6 cm³/mol. The van der Waals surface area contributed by atoms with Crippen molar-refractivity contribution in [1.29, 1.82) is 0 Å². The Balaban J connectivity index is 1.83. The van der Waals surface area contributed by atoms with Crippen LogP contribution in [0, 0.1) is 0 Å². The van der Waals surface area contributed by atoms with Gasteiger partial charge in [-0.1, -0.05) is 30.3 Å². The molecule has 3 rings (SSSR count). The van der Waals surface area contributed by atoms with Crippen LogP contribution in [-0.4, -0.2) is 34.8 Å². The maximum Gasteiger partial charge on any atom is 0.340 e. The van der Waals surface area contributed by atoms with Crippen LogP contribution >= 0.6 is 0 Å². The molecule has 0 unspecified atom stereocenters. The first-order valence-corrected chi connectivity index (χ1v) is 7.70. The second-order valence-electron chi connectivity index (χ2n) is 5.47. The Hall–Kier alpha value is -2.69. The minimum atomic E-state index is -0.915. The molecule has 1 fully saturated rings. The summed E-state index contributed by atoms with van der Waals surface area (Å²) in [5, 5.41) is 0. The van der Waals surface area contributed by atoms with Crippen molar-refractivity contribution >= 4 is 11.9 Å². The number of amides is 1. The van der Waals surface area contributed by atoms with Gasteiger partial charge in [-0.2, -0.15) is 0 Å². The molecule has 0 saturated carbocycles. The highest BCUT2D eigenvalue weighted by Gasteiger charge is 2.31. The van der Waals surface area contributed by atoms with E-state index in [9.17, 15) is 9.59 Å². The van der Waals surface area contributed by atoms with Gasteiger partial charge in [-0.15, -0.1) is 0 Å². The number of pyridine rings is 1. The van der Waals surface area contributed by atoms with Crippen molar-refractivity contribution in [2.24, 2.45) is 0 Å². The molecule has 0 aliphatic carbocycles. The molecule has 118 valence electrons. The van der Waals surface area contributed by atoms with Crippen LogP contribution in [0.3, 0.4) is 0 Å². The first kappa shape index (κ1) is 15.2. The van der Waals surface area contributed by atoms with E-state index in [1.165, 1.54) is 6.20 Å². The highest BCUT2D eigenvalue weighted by molar-refractivity contribution is 5.92. The molecule has 1 aromatic heterocycles. The van der Waals surface area contributed by atoms with E-state index in [4.69, 9.17) is 4.74 Å². The van der Waals surface area contributed by atoms with Crippen molar-refractivity contribution in [3.8, 4) is 0 Å². The van der Waals surface area contributed by atoms with E-state index in [1.807, 2.05) is 18.2 Å². The molecule has 1 aromatic carbocycles. The third kappa shape index (κ3) is 3.56. The van der Waals surface area contributed by atoms with Crippen molar-refractivity contribution in [3.05, 3.63) is 66.0 Å². The number of benzene rings is 1. The van der Waals surface area contributed by atoms with Gasteiger partial charge in [-0.25, -0.2) is 4.79 Å². The molecule has 0 radical (unpaired) electrons. The van der Waals surface area contributed by atoms with Crippen molar-refractivity contribution < 1.29 is 14.3 Å². The summed E-state index contributed by atoms with van der Waals surface area (Å²) >= 11 is 0. The van der Waals surface area contributed by atoms with E-state index in [2.05, 4.69) is 4.98 Å². The van der Waals surface area contributed by atoms with E-state index in [0.29, 0.717) is 24.2 Å². The van der Waals surface area contributed by atoms with Crippen LogP contribution in [0.1, 0.15) is 34.9 Å². The highest BCUT2D eigenvalue weighted by Crippen LogP contribution is 2.24. The van der Waals surface area contributed by atoms with Gasteiger partial charge in [-0.05, 0) is 25.0 Å². The van der Waals surface area contributed by atoms with Crippen LogP contribution in [-0.2, 0) is 9.53 Å². The lowest BCUT2D eigenvalue weighted by Gasteiger charge is -2.23. The van der Waals surface area contributed by atoms with Gasteiger partial charge in [0.1, 0.15) is 0 Å². The second-order valence-corrected chi connectivity index (χ2v) is 5.47. The Morgan fingerprint density at radius 2 is 1.78 bits per heavy atom. The molecular formula is C18H18N2O3. The molecule has 1 saturated heterocycles. The SMILES string of the molecule is O=C(O[C@H](C(=O)N1CCCC1)c1ccccc1)c1cccnc1. The van der Waals surface area contributed by atoms with Gasteiger partial charge in [0.15, 0.2) is 0 Å². The first-order chi connectivity index (χ1) is 11.3. The van der Waals surface area contributed by atoms with Crippen molar-refractivity contribution in [1.82, 2.24) is 9.88 Å². The van der Waals surface area contributed by atoms with E-state index >= 15 is 0 Å². The van der Waals surface area contributed by atoms with E-state index in [0.717, 1.165) is 12.8 Å². The first-order valence-electron chi connectivity index (χ1n) is 7.70. The molecule has 1 aliphatic rings. The number of nitrogens with zero attached hydrogens (tertiary/aromatic N) is 2. The van der Waals surface area contributed by atoms with E-state index < -0.39 is 12.1 Å². The van der Waals surface area contributed by atoms with Gasteiger partial charge in [0.25, 0.3) is 5.91 Å². The van der Waals surface area contributed by atoms with Gasteiger partial charge in [0, 0.05) is 31.0 Å². The Morgan fingerprint density at radius 1 is 1.04 bits per heavy atom. The van der Waals surface area contributed by atoms with E-state index in [1.54, 1.807) is 35.4 Å². The Kier molecular flexibility index (Phi) is 4.66. The predicted octanol–water partition coefficient (Wildman–Crippen LogP) is 2.60. The summed E-state index contributed by atoms with van der Waals surface area (Å²) in [4.78, 5) is 30.7. The molecular weight excluding hydrogens is 292 g/mol. The largest absolute Gasteiger partial charge is 0.444 e. The topological polar surface area (TPSA) is 59.5 Å². The fourth-order valence-corrected chi connectivity index (χ4v) is 2.65. The van der Waals surface area contributed by atoms with Crippen molar-refractivity contribution in [2.75, 3.05) is 13.1 Å². The number of hydrogen-bond donors (Lipinski definition) is 0. The Morgan fingerprint density at radius 3 is 2.43 bits per heavy atom. The highest BCUT2D eigenvalue weighted by atomic mass is 16.5. The van der Waals surface area contributed by atoms with Crippen LogP contribution in [0.25, 0.3) is 0 Å². The molecule has 0 spiro atoms. The van der Waals surface area contributed by atoms with Gasteiger partial charge in [0.05, 0.1) is 5.56 Å². The lowest BCUT2D eigenvalue weighted by Crippen LogP contribution is -2.34. The fourth-order valence-electron chi connectivity index (χ4n) is 2.65. The lowest BCUT2D eigenvalue weighted by molar-refractivity contribution is -0.140. The third-order valence-corrected chi connectivity index (χ3v) is 3.87. The zero-order chi connectivity index (χ0) is 16.1. The number of carbonyl (C=O) groups excluding carboxylic acids is 2. The van der Waals surface area contributed by atoms with Crippen LogP contribution in [0.2, 0.25) is 0 Å². The van der Waals surface area contributed by atoms with Crippen molar-refractivity contribution in [3.63, 3.8) is 0 Å².